The molecular formula is C21H37IN2O6Si2. The number of nitrogens with zero attached hydrogens (tertiary/aromatic N) is 1. The van der Waals surface area contributed by atoms with Crippen LogP contribution in [0.1, 0.15) is 68.0 Å². The molecule has 8 nitrogen and oxygen atoms in total. The number of fused-ring (bicyclic) bond motifs is 1. The highest BCUT2D eigenvalue weighted by Gasteiger charge is 2.60. The Morgan fingerprint density at radius 2 is 1.53 bits per heavy atom. The summed E-state index contributed by atoms with van der Waals surface area (Å²) in [6.45, 7) is 17.9. The van der Waals surface area contributed by atoms with Crippen molar-refractivity contribution < 1.29 is 17.7 Å². The standard InChI is InChI=1S/C21H37IN2O6Si2/c1-12(2)31(13(3)4)27-11-17-16(29-32(30-31,14(5)6)15(7)8)9-20(28-17)24-18(22)10-19(25)23-21(24)26/h10,12-17,20H,9,11H2,1-8H3,(H,23,25,26)/t16-,17+,20+/m0/s1. The van der Waals surface area contributed by atoms with Crippen LogP contribution in [0.5, 0.6) is 0 Å². The van der Waals surface area contributed by atoms with Crippen LogP contribution in [0.15, 0.2) is 15.7 Å². The van der Waals surface area contributed by atoms with Gasteiger partial charge in [-0.1, -0.05) is 55.4 Å². The average Bonchev–Trinajstić information content (AvgIpc) is 3.01. The van der Waals surface area contributed by atoms with Gasteiger partial charge in [-0.15, -0.1) is 0 Å². The maximum absolute atomic E-state index is 12.6. The van der Waals surface area contributed by atoms with Crippen molar-refractivity contribution in [2.24, 2.45) is 0 Å². The molecule has 182 valence electrons. The zero-order chi connectivity index (χ0) is 24.0. The zero-order valence-electron chi connectivity index (χ0n) is 20.3. The molecule has 1 N–H and O–H groups in total. The maximum atomic E-state index is 12.6. The van der Waals surface area contributed by atoms with Gasteiger partial charge in [0.2, 0.25) is 0 Å². The maximum Gasteiger partial charge on any atom is 0.335 e. The van der Waals surface area contributed by atoms with Crippen molar-refractivity contribution in [3.63, 3.8) is 0 Å². The van der Waals surface area contributed by atoms with Crippen molar-refractivity contribution in [2.75, 3.05) is 6.61 Å². The van der Waals surface area contributed by atoms with Crippen molar-refractivity contribution in [3.05, 3.63) is 30.6 Å². The van der Waals surface area contributed by atoms with Gasteiger partial charge in [0.05, 0.1) is 16.4 Å². The van der Waals surface area contributed by atoms with Crippen LogP contribution >= 0.6 is 22.6 Å². The molecule has 2 aliphatic heterocycles. The van der Waals surface area contributed by atoms with Gasteiger partial charge in [-0.2, -0.15) is 0 Å². The predicted octanol–water partition coefficient (Wildman–Crippen LogP) is 4.39. The Morgan fingerprint density at radius 1 is 0.969 bits per heavy atom. The van der Waals surface area contributed by atoms with E-state index in [4.69, 9.17) is 17.7 Å². The molecule has 0 aliphatic carbocycles. The summed E-state index contributed by atoms with van der Waals surface area (Å²) in [5.74, 6) is 0. The first-order valence-corrected chi connectivity index (χ1v) is 16.5. The molecule has 2 aliphatic rings. The number of hydrogen-bond acceptors (Lipinski definition) is 6. The molecule has 0 unspecified atom stereocenters. The van der Waals surface area contributed by atoms with Gasteiger partial charge >= 0.3 is 22.8 Å². The lowest BCUT2D eigenvalue weighted by atomic mass is 10.2. The van der Waals surface area contributed by atoms with Gasteiger partial charge in [-0.3, -0.25) is 14.3 Å². The molecule has 1 aromatic rings. The van der Waals surface area contributed by atoms with E-state index in [9.17, 15) is 9.59 Å². The molecule has 1 aromatic heterocycles. The van der Waals surface area contributed by atoms with Crippen LogP contribution < -0.4 is 11.2 Å². The SMILES string of the molecule is CC(C)[Si]1(C(C)C)OC[C@H]2O[C@@H](n3c(I)cc(=O)[nH]c3=O)C[C@@H]2O[Si](C(C)C)(C(C)C)O1. The molecule has 0 spiro atoms. The van der Waals surface area contributed by atoms with Gasteiger partial charge in [-0.05, 0) is 44.8 Å². The Kier molecular flexibility index (Phi) is 8.00. The molecule has 11 heteroatoms. The Balaban J connectivity index is 2.05. The van der Waals surface area contributed by atoms with E-state index in [0.29, 0.717) is 16.7 Å². The third kappa shape index (κ3) is 4.62. The fraction of sp³-hybridized carbons (Fsp3) is 0.810. The van der Waals surface area contributed by atoms with E-state index < -0.39 is 34.6 Å². The van der Waals surface area contributed by atoms with E-state index in [0.717, 1.165) is 0 Å². The molecule has 0 radical (unpaired) electrons. The van der Waals surface area contributed by atoms with Crippen LogP contribution in [0.3, 0.4) is 0 Å². The number of H-pyrrole nitrogens is 1. The van der Waals surface area contributed by atoms with Gasteiger partial charge in [0.25, 0.3) is 5.56 Å². The first-order chi connectivity index (χ1) is 14.8. The highest BCUT2D eigenvalue weighted by molar-refractivity contribution is 14.1. The average molecular weight is 597 g/mol. The lowest BCUT2D eigenvalue weighted by Crippen LogP contribution is -2.65. The van der Waals surface area contributed by atoms with Gasteiger partial charge in [-0.25, -0.2) is 4.79 Å². The van der Waals surface area contributed by atoms with Crippen LogP contribution in [0.25, 0.3) is 0 Å². The minimum atomic E-state index is -2.72. The number of aromatic nitrogens is 2. The predicted molar refractivity (Wildman–Crippen MR) is 136 cm³/mol. The van der Waals surface area contributed by atoms with Gasteiger partial charge in [0.15, 0.2) is 0 Å². The molecule has 3 rings (SSSR count). The first-order valence-electron chi connectivity index (χ1n) is 11.5. The molecule has 0 aromatic carbocycles. The lowest BCUT2D eigenvalue weighted by Gasteiger charge is -2.51. The summed E-state index contributed by atoms with van der Waals surface area (Å²) in [7, 11) is -5.36. The Morgan fingerprint density at radius 3 is 2.03 bits per heavy atom. The molecule has 2 fully saturated rings. The van der Waals surface area contributed by atoms with Gasteiger partial charge < -0.3 is 17.7 Å². The minimum Gasteiger partial charge on any atom is -0.414 e. The van der Waals surface area contributed by atoms with Crippen LogP contribution in [-0.2, 0) is 17.7 Å². The van der Waals surface area contributed by atoms with E-state index >= 15 is 0 Å². The van der Waals surface area contributed by atoms with Crippen LogP contribution in [0, 0.1) is 3.70 Å². The van der Waals surface area contributed by atoms with Crippen LogP contribution in [0.4, 0.5) is 0 Å². The van der Waals surface area contributed by atoms with Crippen molar-refractivity contribution in [1.82, 2.24) is 9.55 Å². The number of hydrogen-bond donors (Lipinski definition) is 1. The van der Waals surface area contributed by atoms with Crippen LogP contribution in [-0.4, -0.2) is 45.5 Å². The third-order valence-electron chi connectivity index (χ3n) is 6.74. The first kappa shape index (κ1) is 26.3. The van der Waals surface area contributed by atoms with Crippen molar-refractivity contribution in [2.45, 2.75) is 102 Å². The summed E-state index contributed by atoms with van der Waals surface area (Å²) in [6.07, 6.45) is -0.557. The normalized spacial score (nSPS) is 27.7. The summed E-state index contributed by atoms with van der Waals surface area (Å²) in [6, 6.07) is 1.41. The molecule has 0 bridgehead atoms. The summed E-state index contributed by atoms with van der Waals surface area (Å²) < 4.78 is 29.3. The summed E-state index contributed by atoms with van der Waals surface area (Å²) >= 11 is 2.00. The van der Waals surface area contributed by atoms with Gasteiger partial charge in [0, 0.05) is 12.5 Å². The Labute approximate surface area is 206 Å². The topological polar surface area (TPSA) is 91.8 Å². The molecule has 32 heavy (non-hydrogen) atoms. The highest BCUT2D eigenvalue weighted by atomic mass is 127. The molecule has 3 atom stereocenters. The fourth-order valence-electron chi connectivity index (χ4n) is 5.04. The summed E-state index contributed by atoms with van der Waals surface area (Å²) in [5, 5.41) is 0. The second-order valence-corrected chi connectivity index (χ2v) is 20.1. The largest absolute Gasteiger partial charge is 0.414 e. The van der Waals surface area contributed by atoms with E-state index in [1.807, 2.05) is 22.6 Å². The minimum absolute atomic E-state index is 0.226. The molecular weight excluding hydrogens is 559 g/mol. The van der Waals surface area contributed by atoms with E-state index in [-0.39, 0.29) is 34.4 Å². The zero-order valence-corrected chi connectivity index (χ0v) is 24.5. The smallest absolute Gasteiger partial charge is 0.335 e. The van der Waals surface area contributed by atoms with Gasteiger partial charge in [0.1, 0.15) is 12.3 Å². The number of nitrogens with one attached hydrogen (secondary N) is 1. The van der Waals surface area contributed by atoms with Crippen molar-refractivity contribution in [3.8, 4) is 0 Å². The van der Waals surface area contributed by atoms with Crippen LogP contribution in [0.2, 0.25) is 22.2 Å². The fourth-order valence-corrected chi connectivity index (χ4v) is 17.1. The molecule has 0 saturated carbocycles. The van der Waals surface area contributed by atoms with E-state index in [1.54, 1.807) is 0 Å². The lowest BCUT2D eigenvalue weighted by molar-refractivity contribution is -0.0572. The number of rotatable bonds is 5. The summed E-state index contributed by atoms with van der Waals surface area (Å²) in [5.41, 5.74) is 0.0818. The highest BCUT2D eigenvalue weighted by Crippen LogP contribution is 2.48. The number of ether oxygens (including phenoxy) is 1. The molecule has 2 saturated heterocycles. The quantitative estimate of drug-likeness (QED) is 0.308. The number of aromatic amines is 1. The summed E-state index contributed by atoms with van der Waals surface area (Å²) in [4.78, 5) is 26.6. The number of halogens is 1. The molecule has 3 heterocycles. The monoisotopic (exact) mass is 596 g/mol. The van der Waals surface area contributed by atoms with Crippen molar-refractivity contribution >= 4 is 39.7 Å². The van der Waals surface area contributed by atoms with E-state index in [2.05, 4.69) is 60.4 Å². The Bertz CT molecular complexity index is 916. The van der Waals surface area contributed by atoms with E-state index in [1.165, 1.54) is 10.6 Å². The second kappa shape index (κ2) is 9.74. The van der Waals surface area contributed by atoms with Crippen molar-refractivity contribution in [1.29, 1.82) is 0 Å². The Hall–Kier alpha value is -0.316. The third-order valence-corrected chi connectivity index (χ3v) is 17.9. The second-order valence-electron chi connectivity index (χ2n) is 10.1. The molecule has 0 amide bonds.